The van der Waals surface area contributed by atoms with Crippen LogP contribution in [0.4, 0.5) is 0 Å². The Morgan fingerprint density at radius 2 is 1.92 bits per heavy atom. The lowest BCUT2D eigenvalue weighted by Gasteiger charge is -2.15. The van der Waals surface area contributed by atoms with Crippen molar-refractivity contribution in [1.29, 1.82) is 0 Å². The van der Waals surface area contributed by atoms with Crippen molar-refractivity contribution in [2.45, 2.75) is 13.8 Å². The van der Waals surface area contributed by atoms with Gasteiger partial charge in [0.1, 0.15) is 0 Å². The first-order chi connectivity index (χ1) is 5.54. The van der Waals surface area contributed by atoms with E-state index in [1.54, 1.807) is 19.9 Å². The summed E-state index contributed by atoms with van der Waals surface area (Å²) in [5, 5.41) is 19.8. The smallest absolute Gasteiger partial charge is 0.335 e. The zero-order chi connectivity index (χ0) is 9.30. The molecule has 0 heterocycles. The second-order valence-electron chi connectivity index (χ2n) is 2.69. The molecule has 0 radical (unpaired) electrons. The first kappa shape index (κ1) is 11.4. The molecule has 0 aliphatic heterocycles. The molecule has 4 heteroatoms. The zero-order valence-corrected chi connectivity index (χ0v) is 7.92. The lowest BCUT2D eigenvalue weighted by molar-refractivity contribution is -0.269. The number of aromatic carboxylic acids is 1. The van der Waals surface area contributed by atoms with Crippen LogP contribution in [-0.2, 0) is 0 Å². The van der Waals surface area contributed by atoms with E-state index in [0.29, 0.717) is 5.56 Å². The third-order valence-electron chi connectivity index (χ3n) is 1.91. The van der Waals surface area contributed by atoms with Crippen LogP contribution in [0, 0.1) is 13.8 Å². The van der Waals surface area contributed by atoms with E-state index in [0.717, 1.165) is 5.56 Å². The van der Waals surface area contributed by atoms with E-state index in [1.165, 1.54) is 6.07 Å². The highest BCUT2D eigenvalue weighted by Gasteiger charge is 2.05. The van der Waals surface area contributed by atoms with Crippen LogP contribution in [0.25, 0.3) is 0 Å². The van der Waals surface area contributed by atoms with Crippen LogP contribution >= 0.6 is 0 Å². The summed E-state index contributed by atoms with van der Waals surface area (Å²) in [5.74, 6) is -1.55. The fourth-order valence-corrected chi connectivity index (χ4v) is 0.959. The summed E-state index contributed by atoms with van der Waals surface area (Å²) in [6.07, 6.45) is 0. The first-order valence-corrected chi connectivity index (χ1v) is 3.54. The Morgan fingerprint density at radius 1 is 1.38 bits per heavy atom. The quantitative estimate of drug-likeness (QED) is 0.689. The van der Waals surface area contributed by atoms with Gasteiger partial charge < -0.3 is 16.4 Å². The fraction of sp³-hybridized carbons (Fsp3) is 0.222. The Balaban J connectivity index is 0.00000144. The second-order valence-corrected chi connectivity index (χ2v) is 2.69. The summed E-state index contributed by atoms with van der Waals surface area (Å²) in [6, 6.07) is 2.98. The lowest BCUT2D eigenvalue weighted by atomic mass is 10.0. The number of hydrogen-bond donors (Lipinski definition) is 2. The third kappa shape index (κ3) is 1.97. The maximum absolute atomic E-state index is 11.3. The SMILES string of the molecule is Cc1ccc(C(=O)O)c([O-])c1C.[NH4+]. The number of rotatable bonds is 1. The van der Waals surface area contributed by atoms with Gasteiger partial charge >= 0.3 is 5.97 Å². The van der Waals surface area contributed by atoms with E-state index in [9.17, 15) is 9.90 Å². The number of benzene rings is 1. The van der Waals surface area contributed by atoms with Crippen LogP contribution < -0.4 is 11.3 Å². The summed E-state index contributed by atoms with van der Waals surface area (Å²) >= 11 is 0. The van der Waals surface area contributed by atoms with Gasteiger partial charge in [-0.3, -0.25) is 0 Å². The normalized spacial score (nSPS) is 9.08. The van der Waals surface area contributed by atoms with Gasteiger partial charge in [-0.25, -0.2) is 4.79 Å². The van der Waals surface area contributed by atoms with Crippen LogP contribution in [0.15, 0.2) is 12.1 Å². The Bertz CT molecular complexity index is 334. The molecular weight excluding hydrogens is 170 g/mol. The molecule has 0 fully saturated rings. The minimum atomic E-state index is -1.16. The van der Waals surface area contributed by atoms with Crippen LogP contribution in [0.1, 0.15) is 21.5 Å². The van der Waals surface area contributed by atoms with Crippen molar-refractivity contribution < 1.29 is 15.0 Å². The number of hydrogen-bond acceptors (Lipinski definition) is 2. The molecule has 0 aliphatic carbocycles. The number of carboxylic acids is 1. The summed E-state index contributed by atoms with van der Waals surface area (Å²) < 4.78 is 0. The van der Waals surface area contributed by atoms with E-state index in [-0.39, 0.29) is 17.5 Å². The Labute approximate surface area is 76.4 Å². The first-order valence-electron chi connectivity index (χ1n) is 3.54. The van der Waals surface area contributed by atoms with E-state index in [4.69, 9.17) is 5.11 Å². The maximum atomic E-state index is 11.3. The van der Waals surface area contributed by atoms with Crippen molar-refractivity contribution in [2.75, 3.05) is 0 Å². The van der Waals surface area contributed by atoms with Crippen LogP contribution in [0.3, 0.4) is 0 Å². The molecule has 0 aromatic heterocycles. The van der Waals surface area contributed by atoms with E-state index in [2.05, 4.69) is 0 Å². The molecule has 0 atom stereocenters. The van der Waals surface area contributed by atoms with Crippen molar-refractivity contribution >= 4 is 5.97 Å². The average Bonchev–Trinajstić information content (AvgIpc) is 2.00. The number of aryl methyl sites for hydroxylation is 1. The highest BCUT2D eigenvalue weighted by Crippen LogP contribution is 2.21. The summed E-state index contributed by atoms with van der Waals surface area (Å²) in [5.41, 5.74) is 1.18. The van der Waals surface area contributed by atoms with Gasteiger partial charge in [0.05, 0.1) is 5.56 Å². The van der Waals surface area contributed by atoms with Crippen molar-refractivity contribution in [2.24, 2.45) is 0 Å². The number of quaternary nitrogens is 1. The predicted octanol–water partition coefficient (Wildman–Crippen LogP) is 1.45. The molecular formula is C9H13NO3. The van der Waals surface area contributed by atoms with E-state index >= 15 is 0 Å². The topological polar surface area (TPSA) is 96.9 Å². The van der Waals surface area contributed by atoms with Crippen LogP contribution in [0.2, 0.25) is 0 Å². The molecule has 0 amide bonds. The Hall–Kier alpha value is -1.55. The molecule has 0 bridgehead atoms. The molecule has 1 rings (SSSR count). The van der Waals surface area contributed by atoms with Crippen molar-refractivity contribution in [1.82, 2.24) is 6.15 Å². The maximum Gasteiger partial charge on any atom is 0.335 e. The fourth-order valence-electron chi connectivity index (χ4n) is 0.959. The minimum absolute atomic E-state index is 0. The van der Waals surface area contributed by atoms with Gasteiger partial charge in [0.2, 0.25) is 0 Å². The summed E-state index contributed by atoms with van der Waals surface area (Å²) in [4.78, 5) is 10.5. The molecule has 4 nitrogen and oxygen atoms in total. The zero-order valence-electron chi connectivity index (χ0n) is 7.92. The highest BCUT2D eigenvalue weighted by atomic mass is 16.4. The molecule has 72 valence electrons. The molecule has 0 unspecified atom stereocenters. The summed E-state index contributed by atoms with van der Waals surface area (Å²) in [6.45, 7) is 3.41. The molecule has 13 heavy (non-hydrogen) atoms. The van der Waals surface area contributed by atoms with Gasteiger partial charge in [-0.15, -0.1) is 0 Å². The van der Waals surface area contributed by atoms with Gasteiger partial charge in [-0.2, -0.15) is 0 Å². The van der Waals surface area contributed by atoms with Crippen LogP contribution in [0.5, 0.6) is 5.75 Å². The van der Waals surface area contributed by atoms with Crippen molar-refractivity contribution in [3.63, 3.8) is 0 Å². The molecule has 5 N–H and O–H groups in total. The monoisotopic (exact) mass is 183 g/mol. The minimum Gasteiger partial charge on any atom is -0.872 e. The van der Waals surface area contributed by atoms with Gasteiger partial charge in [0, 0.05) is 0 Å². The van der Waals surface area contributed by atoms with Gasteiger partial charge in [0.25, 0.3) is 0 Å². The standard InChI is InChI=1S/C9H10O3.H3N/c1-5-3-4-7(9(11)12)8(10)6(5)2;/h3-4,10H,1-2H3,(H,11,12);1H3. The number of carbonyl (C=O) groups is 1. The molecule has 1 aromatic rings. The van der Waals surface area contributed by atoms with Crippen molar-refractivity contribution in [3.8, 4) is 5.75 Å². The second kappa shape index (κ2) is 3.91. The highest BCUT2D eigenvalue weighted by molar-refractivity contribution is 5.91. The Kier molecular flexibility index (Phi) is 3.44. The predicted molar refractivity (Wildman–Crippen MR) is 48.3 cm³/mol. The third-order valence-corrected chi connectivity index (χ3v) is 1.91. The molecule has 0 spiro atoms. The van der Waals surface area contributed by atoms with Crippen LogP contribution in [-0.4, -0.2) is 11.1 Å². The van der Waals surface area contributed by atoms with E-state index < -0.39 is 5.97 Å². The van der Waals surface area contributed by atoms with Crippen molar-refractivity contribution in [3.05, 3.63) is 28.8 Å². The molecule has 1 aromatic carbocycles. The molecule has 0 saturated carbocycles. The number of carboxylic acid groups (broad SMARTS) is 1. The van der Waals surface area contributed by atoms with Gasteiger partial charge in [-0.1, -0.05) is 17.4 Å². The van der Waals surface area contributed by atoms with E-state index in [1.807, 2.05) is 0 Å². The van der Waals surface area contributed by atoms with Gasteiger partial charge in [0.15, 0.2) is 0 Å². The lowest BCUT2D eigenvalue weighted by Crippen LogP contribution is -2.06. The summed E-state index contributed by atoms with van der Waals surface area (Å²) in [7, 11) is 0. The molecule has 0 aliphatic rings. The van der Waals surface area contributed by atoms with Gasteiger partial charge in [-0.05, 0) is 25.5 Å². The Morgan fingerprint density at radius 3 is 2.38 bits per heavy atom. The molecule has 0 saturated heterocycles. The largest absolute Gasteiger partial charge is 0.872 e. The average molecular weight is 183 g/mol.